The van der Waals surface area contributed by atoms with Crippen LogP contribution in [0.15, 0.2) is 49.6 Å². The zero-order chi connectivity index (χ0) is 34.0. The number of carbonyl (C=O) groups is 3. The molecule has 0 aromatic heterocycles. The zero-order valence-electron chi connectivity index (χ0n) is 28.9. The molecule has 4 unspecified atom stereocenters. The van der Waals surface area contributed by atoms with Crippen molar-refractivity contribution in [2.45, 2.75) is 103 Å². The molecule has 0 aliphatic carbocycles. The van der Waals surface area contributed by atoms with E-state index in [1.165, 1.54) is 0 Å². The number of aliphatic hydroxyl groups is 1. The van der Waals surface area contributed by atoms with Crippen molar-refractivity contribution in [2.24, 2.45) is 23.7 Å². The van der Waals surface area contributed by atoms with Crippen LogP contribution >= 0.6 is 0 Å². The average molecular weight is 638 g/mol. The summed E-state index contributed by atoms with van der Waals surface area (Å²) >= 11 is 0. The zero-order valence-corrected chi connectivity index (χ0v) is 28.9. The Balaban J connectivity index is 1.86. The molecular formula is C37H55N3O6. The van der Waals surface area contributed by atoms with Gasteiger partial charge in [0, 0.05) is 24.8 Å². The maximum absolute atomic E-state index is 14.9. The number of benzene rings is 1. The van der Waals surface area contributed by atoms with Crippen LogP contribution in [0.4, 0.5) is 5.69 Å². The van der Waals surface area contributed by atoms with Gasteiger partial charge in [0.15, 0.2) is 0 Å². The summed E-state index contributed by atoms with van der Waals surface area (Å²) in [6, 6.07) is 5.67. The van der Waals surface area contributed by atoms with Crippen LogP contribution in [-0.4, -0.2) is 88.3 Å². The fraction of sp³-hybridized carbons (Fsp3) is 0.649. The lowest BCUT2D eigenvalue weighted by molar-refractivity contribution is -0.157. The second-order valence-electron chi connectivity index (χ2n) is 14.0. The van der Waals surface area contributed by atoms with Crippen LogP contribution in [0.3, 0.4) is 0 Å². The molecule has 8 atom stereocenters. The molecule has 4 rings (SSSR count). The molecule has 46 heavy (non-hydrogen) atoms. The minimum atomic E-state index is -1.21. The van der Waals surface area contributed by atoms with Crippen molar-refractivity contribution in [1.82, 2.24) is 9.80 Å². The molecular weight excluding hydrogens is 582 g/mol. The van der Waals surface area contributed by atoms with Crippen LogP contribution in [0, 0.1) is 23.7 Å². The van der Waals surface area contributed by atoms with Gasteiger partial charge in [-0.2, -0.15) is 0 Å². The Kier molecular flexibility index (Phi) is 11.1. The molecule has 3 aliphatic rings. The minimum Gasteiger partial charge on any atom is -0.494 e. The number of hydrogen-bond donors (Lipinski definition) is 1. The fourth-order valence-electron chi connectivity index (χ4n) is 8.41. The van der Waals surface area contributed by atoms with Crippen molar-refractivity contribution in [3.8, 4) is 5.75 Å². The number of hydrogen-bond acceptors (Lipinski definition) is 6. The highest BCUT2D eigenvalue weighted by Crippen LogP contribution is 2.66. The summed E-state index contributed by atoms with van der Waals surface area (Å²) in [5.74, 6) is -1.70. The first-order valence-electron chi connectivity index (χ1n) is 17.1. The fourth-order valence-corrected chi connectivity index (χ4v) is 8.41. The number of rotatable bonds is 16. The number of anilines is 1. The highest BCUT2D eigenvalue weighted by molar-refractivity contribution is 6.03. The summed E-state index contributed by atoms with van der Waals surface area (Å²) < 4.78 is 12.6. The molecule has 3 aliphatic heterocycles. The highest BCUT2D eigenvalue weighted by atomic mass is 16.5. The summed E-state index contributed by atoms with van der Waals surface area (Å²) in [5.41, 5.74) is -1.52. The number of aliphatic hydroxyl groups excluding tert-OH is 1. The van der Waals surface area contributed by atoms with Gasteiger partial charge < -0.3 is 29.3 Å². The number of nitrogens with zero attached hydrogens (tertiary/aromatic N) is 3. The van der Waals surface area contributed by atoms with E-state index in [0.29, 0.717) is 37.4 Å². The maximum Gasteiger partial charge on any atom is 0.248 e. The molecule has 3 saturated heterocycles. The first-order chi connectivity index (χ1) is 21.9. The molecule has 3 heterocycles. The Bertz CT molecular complexity index is 1280. The maximum atomic E-state index is 14.9. The molecule has 3 fully saturated rings. The number of likely N-dealkylation sites (tertiary alicyclic amines) is 1. The third-order valence-corrected chi connectivity index (χ3v) is 10.5. The van der Waals surface area contributed by atoms with Crippen molar-refractivity contribution in [1.29, 1.82) is 0 Å². The molecule has 0 radical (unpaired) electrons. The predicted molar refractivity (Wildman–Crippen MR) is 180 cm³/mol. The van der Waals surface area contributed by atoms with Crippen molar-refractivity contribution in [3.05, 3.63) is 49.6 Å². The second kappa shape index (κ2) is 14.3. The SMILES string of the molecule is C=CCN(C(=O)[C@@H]1[C@H]2C(=O)N([C@@H](CO)CC(C)C)C(C(=O)N(CC=C)C(C)CCC)C23CC(C)[C@@]1(C)O3)c1ccc(OCC)cc1. The largest absolute Gasteiger partial charge is 0.494 e. The van der Waals surface area contributed by atoms with Crippen LogP contribution in [0.25, 0.3) is 0 Å². The standard InChI is InChI=1S/C37H55N3O6/c1-10-14-26(8)38(19-11-2)35(44)32-37-22-25(7)36(9,46-37)30(31(37)34(43)40(32)28(23-41)21-24(5)6)33(42)39(20-12-3)27-15-17-29(18-16-27)45-13-4/h11-12,15-18,24-26,28,30-32,41H,2-3,10,13-14,19-23H2,1,4-9H3/t25?,26?,28-,30+,31+,32?,36-,37?/m1/s1. The van der Waals surface area contributed by atoms with E-state index < -0.39 is 35.1 Å². The van der Waals surface area contributed by atoms with Crippen LogP contribution < -0.4 is 9.64 Å². The predicted octanol–water partition coefficient (Wildman–Crippen LogP) is 5.23. The quantitative estimate of drug-likeness (QED) is 0.250. The van der Waals surface area contributed by atoms with Gasteiger partial charge >= 0.3 is 0 Å². The molecule has 1 aromatic rings. The van der Waals surface area contributed by atoms with Crippen molar-refractivity contribution in [3.63, 3.8) is 0 Å². The Labute approximate surface area is 275 Å². The van der Waals surface area contributed by atoms with Crippen LogP contribution in [0.5, 0.6) is 5.75 Å². The Morgan fingerprint density at radius 3 is 2.33 bits per heavy atom. The van der Waals surface area contributed by atoms with Crippen molar-refractivity contribution in [2.75, 3.05) is 31.2 Å². The Hall–Kier alpha value is -3.17. The molecule has 3 amide bonds. The Morgan fingerprint density at radius 1 is 1.13 bits per heavy atom. The molecule has 9 heteroatoms. The number of carbonyl (C=O) groups excluding carboxylic acids is 3. The highest BCUT2D eigenvalue weighted by Gasteiger charge is 2.80. The summed E-state index contributed by atoms with van der Waals surface area (Å²) in [5, 5.41) is 10.7. The van der Waals surface area contributed by atoms with Gasteiger partial charge in [0.1, 0.15) is 17.4 Å². The van der Waals surface area contributed by atoms with Gasteiger partial charge in [0.05, 0.1) is 36.7 Å². The summed E-state index contributed by atoms with van der Waals surface area (Å²) in [7, 11) is 0. The summed E-state index contributed by atoms with van der Waals surface area (Å²) in [6.45, 7) is 22.7. The van der Waals surface area contributed by atoms with E-state index in [-0.39, 0.29) is 48.8 Å². The van der Waals surface area contributed by atoms with Gasteiger partial charge in [0.25, 0.3) is 0 Å². The smallest absolute Gasteiger partial charge is 0.248 e. The summed E-state index contributed by atoms with van der Waals surface area (Å²) in [4.78, 5) is 49.6. The van der Waals surface area contributed by atoms with E-state index in [4.69, 9.17) is 9.47 Å². The first-order valence-corrected chi connectivity index (χ1v) is 17.1. The number of ether oxygens (including phenoxy) is 2. The van der Waals surface area contributed by atoms with Gasteiger partial charge in [-0.05, 0) is 76.1 Å². The normalized spacial score (nSPS) is 29.4. The molecule has 1 spiro atoms. The lowest BCUT2D eigenvalue weighted by Gasteiger charge is -2.41. The van der Waals surface area contributed by atoms with Gasteiger partial charge in [-0.15, -0.1) is 13.2 Å². The van der Waals surface area contributed by atoms with Gasteiger partial charge in [-0.25, -0.2) is 0 Å². The second-order valence-corrected chi connectivity index (χ2v) is 14.0. The van der Waals surface area contributed by atoms with E-state index in [1.807, 2.05) is 65.8 Å². The molecule has 1 aromatic carbocycles. The van der Waals surface area contributed by atoms with Crippen molar-refractivity contribution < 1.29 is 29.0 Å². The van der Waals surface area contributed by atoms with Crippen LogP contribution in [-0.2, 0) is 19.1 Å². The van der Waals surface area contributed by atoms with Crippen LogP contribution in [0.1, 0.15) is 74.1 Å². The third kappa shape index (κ3) is 6.01. The van der Waals surface area contributed by atoms with Crippen molar-refractivity contribution >= 4 is 23.4 Å². The van der Waals surface area contributed by atoms with Gasteiger partial charge in [-0.3, -0.25) is 14.4 Å². The van der Waals surface area contributed by atoms with E-state index in [9.17, 15) is 19.5 Å². The molecule has 2 bridgehead atoms. The average Bonchev–Trinajstić information content (AvgIpc) is 3.53. The first kappa shape index (κ1) is 35.7. The molecule has 9 nitrogen and oxygen atoms in total. The van der Waals surface area contributed by atoms with Crippen LogP contribution in [0.2, 0.25) is 0 Å². The Morgan fingerprint density at radius 2 is 1.78 bits per heavy atom. The number of amides is 3. The lowest BCUT2D eigenvalue weighted by Crippen LogP contribution is -2.60. The van der Waals surface area contributed by atoms with E-state index in [0.717, 1.165) is 12.8 Å². The lowest BCUT2D eigenvalue weighted by atomic mass is 9.62. The third-order valence-electron chi connectivity index (χ3n) is 10.5. The van der Waals surface area contributed by atoms with Gasteiger partial charge in [-0.1, -0.05) is 46.3 Å². The number of fused-ring (bicyclic) bond motifs is 1. The molecule has 1 N–H and O–H groups in total. The molecule has 254 valence electrons. The molecule has 0 saturated carbocycles. The van der Waals surface area contributed by atoms with Gasteiger partial charge in [0.2, 0.25) is 17.7 Å². The van der Waals surface area contributed by atoms with E-state index in [1.54, 1.807) is 26.9 Å². The minimum absolute atomic E-state index is 0.0904. The monoisotopic (exact) mass is 637 g/mol. The van der Waals surface area contributed by atoms with E-state index in [2.05, 4.69) is 20.1 Å². The summed E-state index contributed by atoms with van der Waals surface area (Å²) in [6.07, 6.45) is 6.05. The topological polar surface area (TPSA) is 99.6 Å². The van der Waals surface area contributed by atoms with E-state index >= 15 is 0 Å².